The molecule has 0 saturated carbocycles. The number of hydrogen-bond donors (Lipinski definition) is 2. The molecule has 0 heterocycles. The molecule has 0 spiro atoms. The molecule has 106 valence electrons. The molecule has 0 fully saturated rings. The SMILES string of the molecule is CC(C)CNC(=O)NC(C)c1ccc2ccccc2c1. The lowest BCUT2D eigenvalue weighted by Crippen LogP contribution is -2.38. The molecule has 0 aliphatic rings. The van der Waals surface area contributed by atoms with Gasteiger partial charge in [0.1, 0.15) is 0 Å². The van der Waals surface area contributed by atoms with Gasteiger partial charge in [-0.15, -0.1) is 0 Å². The highest BCUT2D eigenvalue weighted by Gasteiger charge is 2.09. The molecule has 0 aromatic heterocycles. The largest absolute Gasteiger partial charge is 0.338 e. The molecular formula is C17H22N2O. The van der Waals surface area contributed by atoms with Crippen LogP contribution < -0.4 is 10.6 Å². The van der Waals surface area contributed by atoms with Crippen molar-refractivity contribution in [3.63, 3.8) is 0 Å². The van der Waals surface area contributed by atoms with Crippen LogP contribution in [0.5, 0.6) is 0 Å². The fourth-order valence-electron chi connectivity index (χ4n) is 2.10. The summed E-state index contributed by atoms with van der Waals surface area (Å²) in [6, 6.07) is 14.4. The average Bonchev–Trinajstić information content (AvgIpc) is 2.44. The van der Waals surface area contributed by atoms with Crippen molar-refractivity contribution < 1.29 is 4.79 Å². The van der Waals surface area contributed by atoms with Crippen LogP contribution in [0.25, 0.3) is 10.8 Å². The van der Waals surface area contributed by atoms with E-state index in [0.29, 0.717) is 12.5 Å². The second kappa shape index (κ2) is 6.42. The number of urea groups is 1. The van der Waals surface area contributed by atoms with E-state index < -0.39 is 0 Å². The number of amides is 2. The van der Waals surface area contributed by atoms with Gasteiger partial charge in [-0.2, -0.15) is 0 Å². The van der Waals surface area contributed by atoms with Gasteiger partial charge in [-0.05, 0) is 35.2 Å². The molecule has 0 radical (unpaired) electrons. The van der Waals surface area contributed by atoms with E-state index in [0.717, 1.165) is 5.56 Å². The number of nitrogens with one attached hydrogen (secondary N) is 2. The first-order valence-corrected chi connectivity index (χ1v) is 7.09. The Morgan fingerprint density at radius 1 is 1.05 bits per heavy atom. The van der Waals surface area contributed by atoms with Gasteiger partial charge in [0.05, 0.1) is 6.04 Å². The lowest BCUT2D eigenvalue weighted by Gasteiger charge is -2.16. The molecule has 20 heavy (non-hydrogen) atoms. The molecule has 0 bridgehead atoms. The maximum absolute atomic E-state index is 11.8. The smallest absolute Gasteiger partial charge is 0.315 e. The molecular weight excluding hydrogens is 248 g/mol. The first-order chi connectivity index (χ1) is 9.56. The minimum absolute atomic E-state index is 0.00762. The second-order valence-corrected chi connectivity index (χ2v) is 5.58. The quantitative estimate of drug-likeness (QED) is 0.870. The molecule has 3 heteroatoms. The predicted molar refractivity (Wildman–Crippen MR) is 83.7 cm³/mol. The summed E-state index contributed by atoms with van der Waals surface area (Å²) in [5.41, 5.74) is 1.11. The van der Waals surface area contributed by atoms with E-state index in [1.54, 1.807) is 0 Å². The van der Waals surface area contributed by atoms with Crippen LogP contribution in [0.15, 0.2) is 42.5 Å². The van der Waals surface area contributed by atoms with E-state index in [-0.39, 0.29) is 12.1 Å². The molecule has 3 nitrogen and oxygen atoms in total. The summed E-state index contributed by atoms with van der Waals surface area (Å²) in [6.45, 7) is 6.84. The van der Waals surface area contributed by atoms with Gasteiger partial charge < -0.3 is 10.6 Å². The summed E-state index contributed by atoms with van der Waals surface area (Å²) in [6.07, 6.45) is 0. The summed E-state index contributed by atoms with van der Waals surface area (Å²) in [5, 5.41) is 8.25. The average molecular weight is 270 g/mol. The van der Waals surface area contributed by atoms with Gasteiger partial charge in [0.2, 0.25) is 0 Å². The van der Waals surface area contributed by atoms with Crippen LogP contribution in [-0.4, -0.2) is 12.6 Å². The van der Waals surface area contributed by atoms with Crippen LogP contribution in [0.4, 0.5) is 4.79 Å². The topological polar surface area (TPSA) is 41.1 Å². The van der Waals surface area contributed by atoms with Gasteiger partial charge in [0, 0.05) is 6.54 Å². The number of benzene rings is 2. The third-order valence-corrected chi connectivity index (χ3v) is 3.29. The predicted octanol–water partition coefficient (Wildman–Crippen LogP) is 3.86. The van der Waals surface area contributed by atoms with E-state index in [2.05, 4.69) is 54.8 Å². The fraction of sp³-hybridized carbons (Fsp3) is 0.353. The Labute approximate surface area is 120 Å². The van der Waals surface area contributed by atoms with E-state index in [4.69, 9.17) is 0 Å². The number of carbonyl (C=O) groups is 1. The molecule has 2 amide bonds. The highest BCUT2D eigenvalue weighted by Crippen LogP contribution is 2.20. The van der Waals surface area contributed by atoms with Gasteiger partial charge in [-0.1, -0.05) is 50.2 Å². The van der Waals surface area contributed by atoms with Gasteiger partial charge in [0.15, 0.2) is 0 Å². The monoisotopic (exact) mass is 270 g/mol. The lowest BCUT2D eigenvalue weighted by molar-refractivity contribution is 0.236. The highest BCUT2D eigenvalue weighted by molar-refractivity contribution is 5.83. The molecule has 1 unspecified atom stereocenters. The lowest BCUT2D eigenvalue weighted by atomic mass is 10.0. The first kappa shape index (κ1) is 14.4. The summed E-state index contributed by atoms with van der Waals surface area (Å²) in [5.74, 6) is 0.455. The zero-order valence-corrected chi connectivity index (χ0v) is 12.3. The Hall–Kier alpha value is -2.03. The summed E-state index contributed by atoms with van der Waals surface area (Å²) in [4.78, 5) is 11.8. The molecule has 2 rings (SSSR count). The summed E-state index contributed by atoms with van der Waals surface area (Å²) in [7, 11) is 0. The third-order valence-electron chi connectivity index (χ3n) is 3.29. The minimum atomic E-state index is -0.112. The minimum Gasteiger partial charge on any atom is -0.338 e. The Morgan fingerprint density at radius 3 is 2.45 bits per heavy atom. The first-order valence-electron chi connectivity index (χ1n) is 7.09. The number of carbonyl (C=O) groups excluding carboxylic acids is 1. The van der Waals surface area contributed by atoms with Crippen LogP contribution in [0.3, 0.4) is 0 Å². The van der Waals surface area contributed by atoms with Crippen molar-refractivity contribution in [2.45, 2.75) is 26.8 Å². The van der Waals surface area contributed by atoms with Gasteiger partial charge in [-0.25, -0.2) is 4.79 Å². The number of rotatable bonds is 4. The molecule has 2 aromatic carbocycles. The van der Waals surface area contributed by atoms with Crippen LogP contribution in [-0.2, 0) is 0 Å². The summed E-state index contributed by atoms with van der Waals surface area (Å²) < 4.78 is 0. The Morgan fingerprint density at radius 2 is 1.75 bits per heavy atom. The van der Waals surface area contributed by atoms with Crippen LogP contribution in [0.2, 0.25) is 0 Å². The van der Waals surface area contributed by atoms with E-state index in [1.807, 2.05) is 19.1 Å². The van der Waals surface area contributed by atoms with Crippen molar-refractivity contribution in [2.24, 2.45) is 5.92 Å². The van der Waals surface area contributed by atoms with Crippen molar-refractivity contribution >= 4 is 16.8 Å². The number of hydrogen-bond acceptors (Lipinski definition) is 1. The van der Waals surface area contributed by atoms with Crippen molar-refractivity contribution in [1.82, 2.24) is 10.6 Å². The van der Waals surface area contributed by atoms with Crippen molar-refractivity contribution in [1.29, 1.82) is 0 Å². The van der Waals surface area contributed by atoms with Gasteiger partial charge in [-0.3, -0.25) is 0 Å². The Kier molecular flexibility index (Phi) is 4.61. The van der Waals surface area contributed by atoms with E-state index >= 15 is 0 Å². The third kappa shape index (κ3) is 3.73. The normalized spacial score (nSPS) is 12.4. The fourth-order valence-corrected chi connectivity index (χ4v) is 2.10. The Bertz CT molecular complexity index is 592. The van der Waals surface area contributed by atoms with E-state index in [9.17, 15) is 4.79 Å². The molecule has 1 atom stereocenters. The van der Waals surface area contributed by atoms with Crippen LogP contribution in [0, 0.1) is 5.92 Å². The number of fused-ring (bicyclic) bond motifs is 1. The highest BCUT2D eigenvalue weighted by atomic mass is 16.2. The van der Waals surface area contributed by atoms with Crippen molar-refractivity contribution in [3.8, 4) is 0 Å². The maximum Gasteiger partial charge on any atom is 0.315 e. The molecule has 2 aromatic rings. The maximum atomic E-state index is 11.8. The molecule has 2 N–H and O–H groups in total. The standard InChI is InChI=1S/C17H22N2O/c1-12(2)11-18-17(20)19-13(3)15-9-8-14-6-4-5-7-16(14)10-15/h4-10,12-13H,11H2,1-3H3,(H2,18,19,20). The van der Waals surface area contributed by atoms with Crippen molar-refractivity contribution in [3.05, 3.63) is 48.0 Å². The molecule has 0 saturated heterocycles. The molecule has 0 aliphatic carbocycles. The van der Waals surface area contributed by atoms with Gasteiger partial charge in [0.25, 0.3) is 0 Å². The second-order valence-electron chi connectivity index (χ2n) is 5.58. The van der Waals surface area contributed by atoms with Crippen molar-refractivity contribution in [2.75, 3.05) is 6.54 Å². The van der Waals surface area contributed by atoms with Crippen LogP contribution >= 0.6 is 0 Å². The zero-order valence-electron chi connectivity index (χ0n) is 12.3. The van der Waals surface area contributed by atoms with Crippen LogP contribution in [0.1, 0.15) is 32.4 Å². The summed E-state index contributed by atoms with van der Waals surface area (Å²) >= 11 is 0. The molecule has 0 aliphatic heterocycles. The zero-order chi connectivity index (χ0) is 14.5. The van der Waals surface area contributed by atoms with Gasteiger partial charge >= 0.3 is 6.03 Å². The van der Waals surface area contributed by atoms with E-state index in [1.165, 1.54) is 10.8 Å². The Balaban J connectivity index is 2.03.